The number of pyridine rings is 1. The number of hydrogen-bond donors (Lipinski definition) is 1. The second kappa shape index (κ2) is 4.92. The molecule has 0 atom stereocenters. The third kappa shape index (κ3) is 2.70. The molecule has 1 N–H and O–H groups in total. The second-order valence-corrected chi connectivity index (χ2v) is 5.05. The van der Waals surface area contributed by atoms with Gasteiger partial charge in [0.05, 0.1) is 0 Å². The van der Waals surface area contributed by atoms with Crippen molar-refractivity contribution >= 4 is 29.1 Å². The summed E-state index contributed by atoms with van der Waals surface area (Å²) < 4.78 is 31.2. The summed E-state index contributed by atoms with van der Waals surface area (Å²) >= 11 is 2.18. The van der Waals surface area contributed by atoms with Crippen molar-refractivity contribution in [1.29, 1.82) is 0 Å². The minimum absolute atomic E-state index is 0.00939. The minimum Gasteiger partial charge on any atom is -0.371 e. The van der Waals surface area contributed by atoms with Gasteiger partial charge in [0.15, 0.2) is 21.8 Å². The van der Waals surface area contributed by atoms with Crippen LogP contribution in [0.15, 0.2) is 15.4 Å². The Morgan fingerprint density at radius 1 is 1.29 bits per heavy atom. The van der Waals surface area contributed by atoms with E-state index in [1.807, 2.05) is 0 Å². The number of halogens is 2. The van der Waals surface area contributed by atoms with E-state index in [0.29, 0.717) is 10.2 Å². The standard InChI is InChI=1S/C9H8F2N4S2/c1-4-13-9(17-15-4)16-8-6(11)3-5(10)7(12-2)14-8/h3H,1-2H3,(H,12,14). The zero-order valence-electron chi connectivity index (χ0n) is 8.99. The third-order valence-corrected chi connectivity index (χ3v) is 3.65. The molecular weight excluding hydrogens is 266 g/mol. The largest absolute Gasteiger partial charge is 0.371 e. The molecule has 2 rings (SSSR count). The molecule has 17 heavy (non-hydrogen) atoms. The van der Waals surface area contributed by atoms with Gasteiger partial charge in [-0.15, -0.1) is 0 Å². The summed E-state index contributed by atoms with van der Waals surface area (Å²) in [4.78, 5) is 7.91. The highest BCUT2D eigenvalue weighted by Gasteiger charge is 2.14. The Morgan fingerprint density at radius 3 is 2.65 bits per heavy atom. The molecule has 0 fully saturated rings. The van der Waals surface area contributed by atoms with E-state index in [2.05, 4.69) is 19.7 Å². The molecule has 0 radical (unpaired) electrons. The Kier molecular flexibility index (Phi) is 3.53. The first kappa shape index (κ1) is 12.2. The molecule has 0 saturated carbocycles. The number of nitrogens with one attached hydrogen (secondary N) is 1. The fourth-order valence-electron chi connectivity index (χ4n) is 1.10. The molecule has 0 aromatic carbocycles. The van der Waals surface area contributed by atoms with Crippen LogP contribution in [0.25, 0.3) is 0 Å². The van der Waals surface area contributed by atoms with Crippen LogP contribution in [-0.2, 0) is 0 Å². The summed E-state index contributed by atoms with van der Waals surface area (Å²) in [6, 6.07) is 0.801. The first-order valence-electron chi connectivity index (χ1n) is 4.62. The van der Waals surface area contributed by atoms with Crippen LogP contribution in [0, 0.1) is 18.6 Å². The lowest BCUT2D eigenvalue weighted by atomic mass is 10.4. The quantitative estimate of drug-likeness (QED) is 0.932. The van der Waals surface area contributed by atoms with Gasteiger partial charge in [-0.05, 0) is 30.2 Å². The van der Waals surface area contributed by atoms with E-state index in [1.165, 1.54) is 7.05 Å². The summed E-state index contributed by atoms with van der Waals surface area (Å²) in [5.74, 6) is -0.800. The van der Waals surface area contributed by atoms with Crippen molar-refractivity contribution in [1.82, 2.24) is 14.3 Å². The first-order valence-corrected chi connectivity index (χ1v) is 6.21. The van der Waals surface area contributed by atoms with Crippen molar-refractivity contribution in [3.63, 3.8) is 0 Å². The SMILES string of the molecule is CNc1nc(Sc2nc(C)ns2)c(F)cc1F. The molecule has 2 aromatic heterocycles. The summed E-state index contributed by atoms with van der Waals surface area (Å²) in [6.07, 6.45) is 0. The van der Waals surface area contributed by atoms with Crippen LogP contribution < -0.4 is 5.32 Å². The van der Waals surface area contributed by atoms with Gasteiger partial charge in [0.1, 0.15) is 10.9 Å². The normalized spacial score (nSPS) is 10.6. The second-order valence-electron chi connectivity index (χ2n) is 3.07. The van der Waals surface area contributed by atoms with Gasteiger partial charge in [0, 0.05) is 13.1 Å². The maximum atomic E-state index is 13.5. The molecule has 0 aliphatic carbocycles. The van der Waals surface area contributed by atoms with Crippen molar-refractivity contribution in [2.24, 2.45) is 0 Å². The smallest absolute Gasteiger partial charge is 0.176 e. The fourth-order valence-corrected chi connectivity index (χ4v) is 2.66. The topological polar surface area (TPSA) is 50.7 Å². The van der Waals surface area contributed by atoms with E-state index in [4.69, 9.17) is 0 Å². The van der Waals surface area contributed by atoms with E-state index in [-0.39, 0.29) is 10.8 Å². The highest BCUT2D eigenvalue weighted by atomic mass is 32.2. The highest BCUT2D eigenvalue weighted by Crippen LogP contribution is 2.31. The van der Waals surface area contributed by atoms with Crippen molar-refractivity contribution in [2.45, 2.75) is 16.3 Å². The van der Waals surface area contributed by atoms with Crippen molar-refractivity contribution in [3.8, 4) is 0 Å². The van der Waals surface area contributed by atoms with Crippen LogP contribution in [0.1, 0.15) is 5.82 Å². The number of hydrogen-bond acceptors (Lipinski definition) is 6. The Morgan fingerprint density at radius 2 is 2.06 bits per heavy atom. The monoisotopic (exact) mass is 274 g/mol. The van der Waals surface area contributed by atoms with Crippen molar-refractivity contribution in [2.75, 3.05) is 12.4 Å². The van der Waals surface area contributed by atoms with E-state index >= 15 is 0 Å². The van der Waals surface area contributed by atoms with Gasteiger partial charge in [0.25, 0.3) is 0 Å². The van der Waals surface area contributed by atoms with Crippen LogP contribution in [0.2, 0.25) is 0 Å². The lowest BCUT2D eigenvalue weighted by Gasteiger charge is -2.04. The molecular formula is C9H8F2N4S2. The van der Waals surface area contributed by atoms with Gasteiger partial charge in [-0.2, -0.15) is 4.37 Å². The number of anilines is 1. The van der Waals surface area contributed by atoms with Crippen LogP contribution in [0.3, 0.4) is 0 Å². The summed E-state index contributed by atoms with van der Waals surface area (Å²) in [7, 11) is 1.52. The number of aromatic nitrogens is 3. The zero-order valence-corrected chi connectivity index (χ0v) is 10.6. The maximum absolute atomic E-state index is 13.5. The molecule has 8 heteroatoms. The Labute approximate surface area is 105 Å². The molecule has 0 amide bonds. The molecule has 0 bridgehead atoms. The van der Waals surface area contributed by atoms with Gasteiger partial charge in [0.2, 0.25) is 0 Å². The Balaban J connectivity index is 2.32. The number of aryl methyl sites for hydroxylation is 1. The lowest BCUT2D eigenvalue weighted by Crippen LogP contribution is -1.99. The lowest BCUT2D eigenvalue weighted by molar-refractivity contribution is 0.551. The molecule has 0 spiro atoms. The fraction of sp³-hybridized carbons (Fsp3) is 0.222. The molecule has 0 aliphatic rings. The Bertz CT molecular complexity index is 544. The molecule has 90 valence electrons. The van der Waals surface area contributed by atoms with E-state index in [0.717, 1.165) is 29.4 Å². The van der Waals surface area contributed by atoms with Crippen LogP contribution in [0.4, 0.5) is 14.6 Å². The third-order valence-electron chi connectivity index (χ3n) is 1.83. The maximum Gasteiger partial charge on any atom is 0.176 e. The molecule has 2 aromatic rings. The predicted octanol–water partition coefficient (Wildman–Crippen LogP) is 2.71. The highest BCUT2D eigenvalue weighted by molar-refractivity contribution is 8.00. The summed E-state index contributed by atoms with van der Waals surface area (Å²) in [6.45, 7) is 1.74. The van der Waals surface area contributed by atoms with Crippen LogP contribution in [0.5, 0.6) is 0 Å². The van der Waals surface area contributed by atoms with Crippen molar-refractivity contribution in [3.05, 3.63) is 23.5 Å². The molecule has 4 nitrogen and oxygen atoms in total. The molecule has 0 unspecified atom stereocenters. The number of nitrogens with zero attached hydrogens (tertiary/aromatic N) is 3. The van der Waals surface area contributed by atoms with Gasteiger partial charge in [-0.1, -0.05) is 0 Å². The van der Waals surface area contributed by atoms with Gasteiger partial charge in [-0.3, -0.25) is 0 Å². The average molecular weight is 274 g/mol. The van der Waals surface area contributed by atoms with Crippen LogP contribution in [-0.4, -0.2) is 21.4 Å². The number of rotatable bonds is 3. The Hall–Kier alpha value is -1.28. The first-order chi connectivity index (χ1) is 8.10. The minimum atomic E-state index is -0.720. The van der Waals surface area contributed by atoms with E-state index in [9.17, 15) is 8.78 Å². The van der Waals surface area contributed by atoms with E-state index in [1.54, 1.807) is 6.92 Å². The van der Waals surface area contributed by atoms with Crippen molar-refractivity contribution < 1.29 is 8.78 Å². The predicted molar refractivity (Wildman–Crippen MR) is 62.5 cm³/mol. The molecule has 2 heterocycles. The molecule has 0 aliphatic heterocycles. The van der Waals surface area contributed by atoms with Gasteiger partial charge >= 0.3 is 0 Å². The van der Waals surface area contributed by atoms with Crippen LogP contribution >= 0.6 is 23.3 Å². The summed E-state index contributed by atoms with van der Waals surface area (Å²) in [5, 5.41) is 2.63. The van der Waals surface area contributed by atoms with Gasteiger partial charge in [-0.25, -0.2) is 18.7 Å². The molecule has 0 saturated heterocycles. The zero-order chi connectivity index (χ0) is 12.4. The van der Waals surface area contributed by atoms with E-state index < -0.39 is 11.6 Å². The average Bonchev–Trinajstić information content (AvgIpc) is 2.68. The summed E-state index contributed by atoms with van der Waals surface area (Å²) in [5.41, 5.74) is 0. The van der Waals surface area contributed by atoms with Gasteiger partial charge < -0.3 is 5.32 Å².